The predicted octanol–water partition coefficient (Wildman–Crippen LogP) is 6.15. The lowest BCUT2D eigenvalue weighted by Crippen LogP contribution is -2.38. The van der Waals surface area contributed by atoms with Crippen molar-refractivity contribution in [1.82, 2.24) is 20.2 Å². The molecule has 1 aromatic heterocycles. The van der Waals surface area contributed by atoms with Crippen LogP contribution in [0.15, 0.2) is 72.8 Å². The molecule has 4 aromatic rings. The van der Waals surface area contributed by atoms with Crippen molar-refractivity contribution in [3.8, 4) is 17.0 Å². The lowest BCUT2D eigenvalue weighted by molar-refractivity contribution is -0.129. The Hall–Kier alpha value is -3.41. The Morgan fingerprint density at radius 3 is 2.50 bits per heavy atom. The van der Waals surface area contributed by atoms with E-state index in [0.29, 0.717) is 27.9 Å². The molecular weight excluding hydrogens is 643 g/mol. The van der Waals surface area contributed by atoms with Crippen LogP contribution in [0.2, 0.25) is 5.02 Å². The second-order valence-electron chi connectivity index (χ2n) is 9.58. The van der Waals surface area contributed by atoms with Crippen molar-refractivity contribution in [2.45, 2.75) is 31.8 Å². The van der Waals surface area contributed by atoms with E-state index in [1.807, 2.05) is 62.4 Å². The molecule has 3 amide bonds. The zero-order chi connectivity index (χ0) is 28.4. The zero-order valence-electron chi connectivity index (χ0n) is 21.9. The van der Waals surface area contributed by atoms with Gasteiger partial charge in [0, 0.05) is 15.1 Å². The van der Waals surface area contributed by atoms with Crippen LogP contribution in [0.5, 0.6) is 5.75 Å². The normalized spacial score (nSPS) is 16.6. The fourth-order valence-corrected chi connectivity index (χ4v) is 5.95. The Morgan fingerprint density at radius 1 is 1.10 bits per heavy atom. The monoisotopic (exact) mass is 670 g/mol. The van der Waals surface area contributed by atoms with Crippen LogP contribution in [0.4, 0.5) is 4.79 Å². The molecule has 0 unspecified atom stereocenters. The minimum atomic E-state index is -0.856. The van der Waals surface area contributed by atoms with Gasteiger partial charge in [0.05, 0.1) is 23.0 Å². The maximum atomic E-state index is 13.9. The Bertz CT molecular complexity index is 1530. The van der Waals surface area contributed by atoms with Gasteiger partial charge in [-0.05, 0) is 64.9 Å². The summed E-state index contributed by atoms with van der Waals surface area (Å²) in [6, 6.07) is 20.4. The van der Waals surface area contributed by atoms with E-state index in [2.05, 4.69) is 32.9 Å². The number of amides is 3. The summed E-state index contributed by atoms with van der Waals surface area (Å²) in [7, 11) is 0. The molecule has 2 heterocycles. The summed E-state index contributed by atoms with van der Waals surface area (Å²) in [5.74, 6) is 0.421. The molecule has 3 atom stereocenters. The number of halogens is 2. The molecule has 3 N–H and O–H groups in total. The number of aromatic nitrogens is 2. The van der Waals surface area contributed by atoms with Crippen LogP contribution in [0, 0.1) is 10.5 Å². The summed E-state index contributed by atoms with van der Waals surface area (Å²) in [6.07, 6.45) is 0. The highest BCUT2D eigenvalue weighted by molar-refractivity contribution is 14.1. The Labute approximate surface area is 250 Å². The number of aromatic amines is 1. The molecular formula is C30H28ClIN4O4. The molecule has 0 aliphatic carbocycles. The van der Waals surface area contributed by atoms with Crippen molar-refractivity contribution < 1.29 is 19.4 Å². The van der Waals surface area contributed by atoms with Crippen molar-refractivity contribution in [2.75, 3.05) is 13.2 Å². The van der Waals surface area contributed by atoms with Gasteiger partial charge in [0.15, 0.2) is 0 Å². The number of rotatable bonds is 9. The molecule has 0 spiro atoms. The first-order valence-electron chi connectivity index (χ1n) is 12.8. The van der Waals surface area contributed by atoms with E-state index in [-0.39, 0.29) is 25.0 Å². The molecule has 1 saturated heterocycles. The van der Waals surface area contributed by atoms with E-state index in [1.54, 1.807) is 24.3 Å². The molecule has 1 aliphatic heterocycles. The predicted molar refractivity (Wildman–Crippen MR) is 161 cm³/mol. The first-order valence-corrected chi connectivity index (χ1v) is 14.3. The van der Waals surface area contributed by atoms with E-state index in [9.17, 15) is 9.59 Å². The van der Waals surface area contributed by atoms with Gasteiger partial charge in [-0.15, -0.1) is 0 Å². The van der Waals surface area contributed by atoms with Crippen LogP contribution in [0.3, 0.4) is 0 Å². The van der Waals surface area contributed by atoms with Crippen LogP contribution in [-0.4, -0.2) is 45.1 Å². The number of hydrogen-bond donors (Lipinski definition) is 3. The van der Waals surface area contributed by atoms with Crippen LogP contribution >= 0.6 is 34.2 Å². The van der Waals surface area contributed by atoms with Gasteiger partial charge < -0.3 is 20.1 Å². The minimum absolute atomic E-state index is 0.0986. The molecule has 206 valence electrons. The number of imide groups is 1. The van der Waals surface area contributed by atoms with Crippen molar-refractivity contribution in [1.29, 1.82) is 0 Å². The number of imidazole rings is 1. The smallest absolute Gasteiger partial charge is 0.325 e. The Balaban J connectivity index is 1.53. The molecule has 8 nitrogen and oxygen atoms in total. The molecule has 1 fully saturated rings. The maximum Gasteiger partial charge on any atom is 0.325 e. The van der Waals surface area contributed by atoms with Gasteiger partial charge in [-0.1, -0.05) is 67.1 Å². The van der Waals surface area contributed by atoms with E-state index in [1.165, 1.54) is 4.90 Å². The van der Waals surface area contributed by atoms with Crippen LogP contribution in [0.25, 0.3) is 11.3 Å². The number of nitrogens with zero attached hydrogens (tertiary/aromatic N) is 2. The van der Waals surface area contributed by atoms with Gasteiger partial charge in [-0.3, -0.25) is 9.69 Å². The van der Waals surface area contributed by atoms with E-state index < -0.39 is 18.1 Å². The number of urea groups is 1. The standard InChI is InChI=1S/C30H28ClIN4O4/c1-17(19-6-4-3-5-7-19)27(28-33-18(2)25(34-28)23-13-10-21(32)16-24(23)31)36-29(38)26(35-30(36)39)20-8-11-22(12-9-20)40-15-14-37/h3-13,16-17,26-27,37H,14-15H2,1-2H3,(H,33,34)(H,35,39)/t17-,26+,27-/m0/s1. The van der Waals surface area contributed by atoms with E-state index in [0.717, 1.165) is 20.4 Å². The third-order valence-electron chi connectivity index (χ3n) is 7.01. The largest absolute Gasteiger partial charge is 0.491 e. The third kappa shape index (κ3) is 5.59. The fourth-order valence-electron chi connectivity index (χ4n) is 5.00. The average Bonchev–Trinajstić information content (AvgIpc) is 3.47. The molecule has 0 radical (unpaired) electrons. The topological polar surface area (TPSA) is 108 Å². The van der Waals surface area contributed by atoms with Gasteiger partial charge in [0.2, 0.25) is 0 Å². The summed E-state index contributed by atoms with van der Waals surface area (Å²) in [4.78, 5) is 36.8. The van der Waals surface area contributed by atoms with Crippen LogP contribution < -0.4 is 10.1 Å². The number of hydrogen-bond acceptors (Lipinski definition) is 5. The number of aliphatic hydroxyl groups is 1. The molecule has 3 aromatic carbocycles. The van der Waals surface area contributed by atoms with E-state index in [4.69, 9.17) is 26.4 Å². The number of nitrogens with one attached hydrogen (secondary N) is 2. The van der Waals surface area contributed by atoms with Crippen LogP contribution in [-0.2, 0) is 4.79 Å². The fraction of sp³-hybridized carbons (Fsp3) is 0.233. The number of H-pyrrole nitrogens is 1. The first kappa shape index (κ1) is 28.1. The molecule has 1 aliphatic rings. The van der Waals surface area contributed by atoms with Crippen molar-refractivity contribution >= 4 is 46.1 Å². The molecule has 0 saturated carbocycles. The summed E-state index contributed by atoms with van der Waals surface area (Å²) < 4.78 is 6.44. The number of carbonyl (C=O) groups is 2. The number of benzene rings is 3. The molecule has 40 heavy (non-hydrogen) atoms. The summed E-state index contributed by atoms with van der Waals surface area (Å²) in [5, 5.41) is 12.4. The lowest BCUT2D eigenvalue weighted by atomic mass is 9.91. The third-order valence-corrected chi connectivity index (χ3v) is 7.99. The number of carbonyl (C=O) groups excluding carboxylic acids is 2. The number of aryl methyl sites for hydroxylation is 1. The van der Waals surface area contributed by atoms with E-state index >= 15 is 0 Å². The first-order chi connectivity index (χ1) is 19.3. The second kappa shape index (κ2) is 12.0. The van der Waals surface area contributed by atoms with Crippen LogP contribution in [0.1, 0.15) is 47.6 Å². The number of aliphatic hydroxyl groups excluding tert-OH is 1. The maximum absolute atomic E-state index is 13.9. The summed E-state index contributed by atoms with van der Waals surface area (Å²) >= 11 is 8.79. The second-order valence-corrected chi connectivity index (χ2v) is 11.2. The Kier molecular flexibility index (Phi) is 8.43. The van der Waals surface area contributed by atoms with Gasteiger partial charge in [-0.2, -0.15) is 0 Å². The van der Waals surface area contributed by atoms with Crippen molar-refractivity contribution in [3.63, 3.8) is 0 Å². The van der Waals surface area contributed by atoms with Gasteiger partial charge >= 0.3 is 6.03 Å². The SMILES string of the molecule is Cc1nc([C@H]([C@@H](C)c2ccccc2)N2C(=O)N[C@H](c3ccc(OCCO)cc3)C2=O)[nH]c1-c1ccc(I)cc1Cl. The minimum Gasteiger partial charge on any atom is -0.491 e. The molecule has 0 bridgehead atoms. The van der Waals surface area contributed by atoms with Gasteiger partial charge in [0.25, 0.3) is 5.91 Å². The summed E-state index contributed by atoms with van der Waals surface area (Å²) in [6.45, 7) is 3.93. The highest BCUT2D eigenvalue weighted by Crippen LogP contribution is 2.40. The Morgan fingerprint density at radius 2 is 1.82 bits per heavy atom. The molecule has 5 rings (SSSR count). The van der Waals surface area contributed by atoms with Gasteiger partial charge in [0.1, 0.15) is 30.3 Å². The van der Waals surface area contributed by atoms with Crippen molar-refractivity contribution in [2.24, 2.45) is 0 Å². The van der Waals surface area contributed by atoms with Gasteiger partial charge in [-0.25, -0.2) is 9.78 Å². The average molecular weight is 671 g/mol. The quantitative estimate of drug-likeness (QED) is 0.146. The van der Waals surface area contributed by atoms with Crippen molar-refractivity contribution in [3.05, 3.63) is 104 Å². The molecule has 10 heteroatoms. The number of ether oxygens (including phenoxy) is 1. The zero-order valence-corrected chi connectivity index (χ0v) is 24.8. The highest BCUT2D eigenvalue weighted by Gasteiger charge is 2.46. The highest BCUT2D eigenvalue weighted by atomic mass is 127. The summed E-state index contributed by atoms with van der Waals surface area (Å²) in [5.41, 5.74) is 3.84. The lowest BCUT2D eigenvalue weighted by Gasteiger charge is -2.29.